The topological polar surface area (TPSA) is 64.1 Å². The maximum absolute atomic E-state index is 12.6. The zero-order valence-corrected chi connectivity index (χ0v) is 17.4. The molecule has 1 amide bonds. The summed E-state index contributed by atoms with van der Waals surface area (Å²) in [5, 5.41) is 12.3. The molecule has 0 aliphatic rings. The smallest absolute Gasteiger partial charge is 0.267 e. The minimum Gasteiger partial charge on any atom is -0.481 e. The van der Waals surface area contributed by atoms with Crippen LogP contribution in [-0.2, 0) is 10.2 Å². The number of ether oxygens (including phenoxy) is 1. The van der Waals surface area contributed by atoms with Gasteiger partial charge in [-0.05, 0) is 29.5 Å². The van der Waals surface area contributed by atoms with Crippen molar-refractivity contribution in [2.24, 2.45) is 0 Å². The lowest BCUT2D eigenvalue weighted by atomic mass is 9.87. The summed E-state index contributed by atoms with van der Waals surface area (Å²) in [5.41, 5.74) is 2.27. The van der Waals surface area contributed by atoms with Crippen LogP contribution < -0.4 is 10.1 Å². The Kier molecular flexibility index (Phi) is 6.09. The first-order valence-electron chi connectivity index (χ1n) is 9.34. The standard InChI is InChI=1S/C22H25N3O2S/c1-5-18(27-17-13-11-16(12-14-17)22(2,3)4)19(26)23-21-25-24-20(28-21)15-9-7-6-8-10-15/h6-14,18H,5H2,1-4H3,(H,23,25,26). The van der Waals surface area contributed by atoms with Crippen molar-refractivity contribution in [1.82, 2.24) is 10.2 Å². The molecule has 6 heteroatoms. The van der Waals surface area contributed by atoms with Crippen molar-refractivity contribution >= 4 is 22.4 Å². The number of anilines is 1. The van der Waals surface area contributed by atoms with E-state index < -0.39 is 6.10 Å². The maximum atomic E-state index is 12.6. The Labute approximate surface area is 169 Å². The highest BCUT2D eigenvalue weighted by Crippen LogP contribution is 2.27. The predicted octanol–water partition coefficient (Wildman–Crippen LogP) is 5.30. The zero-order chi connectivity index (χ0) is 20.1. The number of nitrogens with one attached hydrogen (secondary N) is 1. The second kappa shape index (κ2) is 8.52. The van der Waals surface area contributed by atoms with Crippen molar-refractivity contribution in [2.45, 2.75) is 45.6 Å². The Bertz CT molecular complexity index is 915. The molecular formula is C22H25N3O2S. The number of carbonyl (C=O) groups excluding carboxylic acids is 1. The van der Waals surface area contributed by atoms with Gasteiger partial charge in [0.2, 0.25) is 5.13 Å². The summed E-state index contributed by atoms with van der Waals surface area (Å²) in [6.45, 7) is 8.41. The molecule has 0 fully saturated rings. The van der Waals surface area contributed by atoms with Crippen molar-refractivity contribution in [2.75, 3.05) is 5.32 Å². The summed E-state index contributed by atoms with van der Waals surface area (Å²) in [4.78, 5) is 12.6. The summed E-state index contributed by atoms with van der Waals surface area (Å²) < 4.78 is 5.90. The molecule has 5 nitrogen and oxygen atoms in total. The van der Waals surface area contributed by atoms with Crippen LogP contribution in [0.3, 0.4) is 0 Å². The molecule has 0 radical (unpaired) electrons. The minimum absolute atomic E-state index is 0.0777. The molecule has 1 atom stereocenters. The monoisotopic (exact) mass is 395 g/mol. The van der Waals surface area contributed by atoms with Crippen LogP contribution in [0.15, 0.2) is 54.6 Å². The second-order valence-electron chi connectivity index (χ2n) is 7.56. The largest absolute Gasteiger partial charge is 0.481 e. The van der Waals surface area contributed by atoms with Gasteiger partial charge >= 0.3 is 0 Å². The van der Waals surface area contributed by atoms with Gasteiger partial charge in [-0.15, -0.1) is 10.2 Å². The van der Waals surface area contributed by atoms with Crippen molar-refractivity contribution in [3.05, 3.63) is 60.2 Å². The zero-order valence-electron chi connectivity index (χ0n) is 16.6. The summed E-state index contributed by atoms with van der Waals surface area (Å²) in [5.74, 6) is 0.454. The van der Waals surface area contributed by atoms with Gasteiger partial charge in [-0.25, -0.2) is 0 Å². The Morgan fingerprint density at radius 2 is 1.75 bits per heavy atom. The van der Waals surface area contributed by atoms with Gasteiger partial charge < -0.3 is 4.74 Å². The average molecular weight is 396 g/mol. The first kappa shape index (κ1) is 20.0. The Hall–Kier alpha value is -2.73. The van der Waals surface area contributed by atoms with E-state index in [1.54, 1.807) is 0 Å². The SMILES string of the molecule is CCC(Oc1ccc(C(C)(C)C)cc1)C(=O)Nc1nnc(-c2ccccc2)s1. The van der Waals surface area contributed by atoms with Crippen molar-refractivity contribution in [1.29, 1.82) is 0 Å². The van der Waals surface area contributed by atoms with Crippen LogP contribution in [0.2, 0.25) is 0 Å². The molecule has 3 aromatic rings. The van der Waals surface area contributed by atoms with Gasteiger partial charge in [0.25, 0.3) is 5.91 Å². The molecule has 1 unspecified atom stereocenters. The first-order valence-corrected chi connectivity index (χ1v) is 10.2. The molecule has 146 valence electrons. The van der Waals surface area contributed by atoms with Crippen LogP contribution in [0.4, 0.5) is 5.13 Å². The molecule has 0 bridgehead atoms. The number of benzene rings is 2. The number of rotatable bonds is 6. The highest BCUT2D eigenvalue weighted by molar-refractivity contribution is 7.18. The van der Waals surface area contributed by atoms with E-state index in [0.717, 1.165) is 10.6 Å². The van der Waals surface area contributed by atoms with Crippen molar-refractivity contribution < 1.29 is 9.53 Å². The van der Waals surface area contributed by atoms with Gasteiger partial charge in [0.1, 0.15) is 10.8 Å². The minimum atomic E-state index is -0.593. The fourth-order valence-electron chi connectivity index (χ4n) is 2.68. The molecular weight excluding hydrogens is 370 g/mol. The third-order valence-electron chi connectivity index (χ3n) is 4.34. The number of nitrogens with zero attached hydrogens (tertiary/aromatic N) is 2. The highest BCUT2D eigenvalue weighted by Gasteiger charge is 2.21. The summed E-state index contributed by atoms with van der Waals surface area (Å²) in [7, 11) is 0. The molecule has 0 aliphatic heterocycles. The van der Waals surface area contributed by atoms with Crippen LogP contribution in [0.1, 0.15) is 39.7 Å². The second-order valence-corrected chi connectivity index (χ2v) is 8.53. The van der Waals surface area contributed by atoms with E-state index in [1.807, 2.05) is 61.5 Å². The first-order chi connectivity index (χ1) is 13.4. The van der Waals surface area contributed by atoms with E-state index in [2.05, 4.69) is 36.3 Å². The number of carbonyl (C=O) groups is 1. The van der Waals surface area contributed by atoms with Crippen molar-refractivity contribution in [3.63, 3.8) is 0 Å². The summed E-state index contributed by atoms with van der Waals surface area (Å²) in [6.07, 6.45) is -0.0402. The van der Waals surface area contributed by atoms with Crippen LogP contribution >= 0.6 is 11.3 Å². The van der Waals surface area contributed by atoms with Crippen LogP contribution in [0.25, 0.3) is 10.6 Å². The Morgan fingerprint density at radius 3 is 2.36 bits per heavy atom. The van der Waals surface area contributed by atoms with E-state index in [0.29, 0.717) is 17.3 Å². The van der Waals surface area contributed by atoms with E-state index in [-0.39, 0.29) is 11.3 Å². The third-order valence-corrected chi connectivity index (χ3v) is 5.23. The van der Waals surface area contributed by atoms with E-state index in [9.17, 15) is 4.79 Å². The molecule has 1 aromatic heterocycles. The molecule has 0 saturated carbocycles. The third kappa shape index (κ3) is 4.95. The predicted molar refractivity (Wildman–Crippen MR) is 114 cm³/mol. The Balaban J connectivity index is 1.65. The van der Waals surface area contributed by atoms with Gasteiger partial charge in [-0.1, -0.05) is 81.5 Å². The van der Waals surface area contributed by atoms with Gasteiger partial charge in [0.15, 0.2) is 6.10 Å². The fourth-order valence-corrected chi connectivity index (χ4v) is 3.43. The number of hydrogen-bond donors (Lipinski definition) is 1. The molecule has 1 heterocycles. The van der Waals surface area contributed by atoms with E-state index in [1.165, 1.54) is 16.9 Å². The molecule has 28 heavy (non-hydrogen) atoms. The quantitative estimate of drug-likeness (QED) is 0.615. The number of aromatic nitrogens is 2. The van der Waals surface area contributed by atoms with E-state index >= 15 is 0 Å². The molecule has 0 spiro atoms. The average Bonchev–Trinajstić information content (AvgIpc) is 3.15. The lowest BCUT2D eigenvalue weighted by molar-refractivity contribution is -0.122. The molecule has 1 N–H and O–H groups in total. The van der Waals surface area contributed by atoms with Crippen LogP contribution in [0, 0.1) is 0 Å². The fraction of sp³-hybridized carbons (Fsp3) is 0.318. The molecule has 0 saturated heterocycles. The Morgan fingerprint density at radius 1 is 1.07 bits per heavy atom. The lowest BCUT2D eigenvalue weighted by Gasteiger charge is -2.20. The normalized spacial score (nSPS) is 12.4. The van der Waals surface area contributed by atoms with Gasteiger partial charge in [-0.2, -0.15) is 0 Å². The van der Waals surface area contributed by atoms with Crippen molar-refractivity contribution in [3.8, 4) is 16.3 Å². The summed E-state index contributed by atoms with van der Waals surface area (Å²) in [6, 6.07) is 17.7. The van der Waals surface area contributed by atoms with Gasteiger partial charge in [0, 0.05) is 5.56 Å². The summed E-state index contributed by atoms with van der Waals surface area (Å²) >= 11 is 1.34. The highest BCUT2D eigenvalue weighted by atomic mass is 32.1. The molecule has 3 rings (SSSR count). The van der Waals surface area contributed by atoms with Gasteiger partial charge in [0.05, 0.1) is 0 Å². The van der Waals surface area contributed by atoms with E-state index in [4.69, 9.17) is 4.74 Å². The number of amides is 1. The molecule has 0 aliphatic carbocycles. The lowest BCUT2D eigenvalue weighted by Crippen LogP contribution is -2.32. The number of hydrogen-bond acceptors (Lipinski definition) is 5. The maximum Gasteiger partial charge on any atom is 0.267 e. The molecule has 2 aromatic carbocycles. The van der Waals surface area contributed by atoms with Crippen LogP contribution in [0.5, 0.6) is 5.75 Å². The van der Waals surface area contributed by atoms with Crippen LogP contribution in [-0.4, -0.2) is 22.2 Å². The van der Waals surface area contributed by atoms with Gasteiger partial charge in [-0.3, -0.25) is 10.1 Å².